The van der Waals surface area contributed by atoms with Crippen LogP contribution in [-0.2, 0) is 4.74 Å². The fourth-order valence-corrected chi connectivity index (χ4v) is 2.40. The monoisotopic (exact) mass is 221 g/mol. The van der Waals surface area contributed by atoms with Gasteiger partial charge in [-0.25, -0.2) is 4.98 Å². The molecule has 0 N–H and O–H groups in total. The third-order valence-corrected chi connectivity index (χ3v) is 2.57. The Balaban J connectivity index is 2.23. The van der Waals surface area contributed by atoms with E-state index >= 15 is 0 Å². The van der Waals surface area contributed by atoms with Gasteiger partial charge >= 0.3 is 0 Å². The van der Waals surface area contributed by atoms with Gasteiger partial charge in [-0.1, -0.05) is 0 Å². The maximum Gasteiger partial charge on any atom is 0.147 e. The maximum absolute atomic E-state index is 6.02. The first-order valence-corrected chi connectivity index (χ1v) is 5.59. The van der Waals surface area contributed by atoms with Gasteiger partial charge in [0, 0.05) is 25.5 Å². The van der Waals surface area contributed by atoms with Crippen LogP contribution in [0.25, 0.3) is 0 Å². The topological polar surface area (TPSA) is 38.2 Å². The highest BCUT2D eigenvalue weighted by atomic mass is 16.5. The highest BCUT2D eigenvalue weighted by molar-refractivity contribution is 5.37. The summed E-state index contributed by atoms with van der Waals surface area (Å²) in [6.45, 7) is 10.1. The Morgan fingerprint density at radius 3 is 2.25 bits per heavy atom. The van der Waals surface area contributed by atoms with Gasteiger partial charge in [0.2, 0.25) is 0 Å². The number of morpholine rings is 1. The lowest BCUT2D eigenvalue weighted by atomic mass is 9.99. The van der Waals surface area contributed by atoms with Crippen LogP contribution < -0.4 is 4.90 Å². The quantitative estimate of drug-likeness (QED) is 0.725. The minimum atomic E-state index is -0.154. The van der Waals surface area contributed by atoms with Gasteiger partial charge in [-0.2, -0.15) is 0 Å². The summed E-state index contributed by atoms with van der Waals surface area (Å²) in [6.07, 6.45) is 5.22. The Kier molecular flexibility index (Phi) is 2.62. The Morgan fingerprint density at radius 1 is 1.12 bits per heavy atom. The predicted molar refractivity (Wildman–Crippen MR) is 63.5 cm³/mol. The summed E-state index contributed by atoms with van der Waals surface area (Å²) in [7, 11) is 0. The van der Waals surface area contributed by atoms with E-state index < -0.39 is 0 Å². The molecule has 0 bridgehead atoms. The highest BCUT2D eigenvalue weighted by Gasteiger charge is 2.38. The average Bonchev–Trinajstić information content (AvgIpc) is 2.14. The molecule has 88 valence electrons. The summed E-state index contributed by atoms with van der Waals surface area (Å²) in [5.41, 5.74) is -0.307. The SMILES string of the molecule is CC1(C)CN(c2cnccn2)CC(C)(C)O1. The third kappa shape index (κ3) is 2.50. The van der Waals surface area contributed by atoms with E-state index in [1.54, 1.807) is 18.6 Å². The standard InChI is InChI=1S/C12H19N3O/c1-11(2)8-15(9-12(3,4)16-11)10-7-13-5-6-14-10/h5-7H,8-9H2,1-4H3. The fourth-order valence-electron chi connectivity index (χ4n) is 2.40. The van der Waals surface area contributed by atoms with Gasteiger partial charge in [0.25, 0.3) is 0 Å². The van der Waals surface area contributed by atoms with Crippen LogP contribution in [0.4, 0.5) is 5.82 Å². The fraction of sp³-hybridized carbons (Fsp3) is 0.667. The molecule has 0 atom stereocenters. The van der Waals surface area contributed by atoms with E-state index in [0.717, 1.165) is 18.9 Å². The van der Waals surface area contributed by atoms with E-state index in [9.17, 15) is 0 Å². The second kappa shape index (κ2) is 3.70. The van der Waals surface area contributed by atoms with Crippen LogP contribution in [-0.4, -0.2) is 34.3 Å². The van der Waals surface area contributed by atoms with E-state index in [-0.39, 0.29) is 11.2 Å². The van der Waals surface area contributed by atoms with Crippen molar-refractivity contribution in [1.82, 2.24) is 9.97 Å². The van der Waals surface area contributed by atoms with Gasteiger partial charge in [-0.05, 0) is 27.7 Å². The molecule has 4 heteroatoms. The van der Waals surface area contributed by atoms with Crippen molar-refractivity contribution in [3.05, 3.63) is 18.6 Å². The zero-order valence-electron chi connectivity index (χ0n) is 10.4. The Hall–Kier alpha value is -1.16. The summed E-state index contributed by atoms with van der Waals surface area (Å²) < 4.78 is 6.02. The first-order chi connectivity index (χ1) is 7.38. The summed E-state index contributed by atoms with van der Waals surface area (Å²) in [5, 5.41) is 0. The lowest BCUT2D eigenvalue weighted by Gasteiger charge is -2.47. The van der Waals surface area contributed by atoms with Gasteiger partial charge < -0.3 is 9.64 Å². The molecule has 0 aliphatic carbocycles. The molecule has 1 fully saturated rings. The van der Waals surface area contributed by atoms with Crippen molar-refractivity contribution in [3.63, 3.8) is 0 Å². The van der Waals surface area contributed by atoms with Crippen molar-refractivity contribution in [2.24, 2.45) is 0 Å². The van der Waals surface area contributed by atoms with E-state index in [0.29, 0.717) is 0 Å². The summed E-state index contributed by atoms with van der Waals surface area (Å²) in [6, 6.07) is 0. The molecule has 1 saturated heterocycles. The molecule has 1 aliphatic rings. The average molecular weight is 221 g/mol. The Labute approximate surface area is 96.7 Å². The van der Waals surface area contributed by atoms with Gasteiger partial charge in [0.15, 0.2) is 0 Å². The molecule has 0 saturated carbocycles. The molecule has 4 nitrogen and oxygen atoms in total. The van der Waals surface area contributed by atoms with Crippen molar-refractivity contribution in [1.29, 1.82) is 0 Å². The minimum Gasteiger partial charge on any atom is -0.366 e. The molecular weight excluding hydrogens is 202 g/mol. The van der Waals surface area contributed by atoms with Gasteiger partial charge in [-0.15, -0.1) is 0 Å². The second-order valence-corrected chi connectivity index (χ2v) is 5.54. The summed E-state index contributed by atoms with van der Waals surface area (Å²) >= 11 is 0. The Bertz CT molecular complexity index is 346. The zero-order chi connectivity index (χ0) is 11.8. The zero-order valence-corrected chi connectivity index (χ0v) is 10.4. The van der Waals surface area contributed by atoms with E-state index in [4.69, 9.17) is 4.74 Å². The first-order valence-electron chi connectivity index (χ1n) is 5.59. The highest BCUT2D eigenvalue weighted by Crippen LogP contribution is 2.29. The lowest BCUT2D eigenvalue weighted by Crippen LogP contribution is -2.57. The summed E-state index contributed by atoms with van der Waals surface area (Å²) in [5.74, 6) is 0.923. The van der Waals surface area contributed by atoms with Crippen molar-refractivity contribution in [2.45, 2.75) is 38.9 Å². The minimum absolute atomic E-state index is 0.154. The van der Waals surface area contributed by atoms with Crippen LogP contribution in [0, 0.1) is 0 Å². The molecule has 0 radical (unpaired) electrons. The van der Waals surface area contributed by atoms with E-state index in [1.807, 2.05) is 0 Å². The van der Waals surface area contributed by atoms with Gasteiger partial charge in [0.1, 0.15) is 5.82 Å². The van der Waals surface area contributed by atoms with Gasteiger partial charge in [0.05, 0.1) is 17.4 Å². The molecule has 2 rings (SSSR count). The van der Waals surface area contributed by atoms with E-state index in [2.05, 4.69) is 42.6 Å². The second-order valence-electron chi connectivity index (χ2n) is 5.54. The van der Waals surface area contributed by atoms with Crippen LogP contribution in [0.2, 0.25) is 0 Å². The number of rotatable bonds is 1. The van der Waals surface area contributed by atoms with Crippen LogP contribution in [0.15, 0.2) is 18.6 Å². The number of ether oxygens (including phenoxy) is 1. The molecule has 0 aromatic carbocycles. The van der Waals surface area contributed by atoms with Gasteiger partial charge in [-0.3, -0.25) is 4.98 Å². The number of anilines is 1. The number of nitrogens with zero attached hydrogens (tertiary/aromatic N) is 3. The van der Waals surface area contributed by atoms with Crippen LogP contribution in [0.3, 0.4) is 0 Å². The molecule has 0 spiro atoms. The van der Waals surface area contributed by atoms with E-state index in [1.165, 1.54) is 0 Å². The van der Waals surface area contributed by atoms with Crippen molar-refractivity contribution < 1.29 is 4.74 Å². The van der Waals surface area contributed by atoms with Crippen molar-refractivity contribution >= 4 is 5.82 Å². The molecule has 1 aromatic rings. The first kappa shape index (κ1) is 11.3. The number of aromatic nitrogens is 2. The summed E-state index contributed by atoms with van der Waals surface area (Å²) in [4.78, 5) is 10.7. The largest absolute Gasteiger partial charge is 0.366 e. The van der Waals surface area contributed by atoms with Crippen molar-refractivity contribution in [2.75, 3.05) is 18.0 Å². The van der Waals surface area contributed by atoms with Crippen LogP contribution in [0.1, 0.15) is 27.7 Å². The number of hydrogen-bond acceptors (Lipinski definition) is 4. The molecule has 1 aliphatic heterocycles. The van der Waals surface area contributed by atoms with Crippen LogP contribution in [0.5, 0.6) is 0 Å². The molecule has 0 amide bonds. The van der Waals surface area contributed by atoms with Crippen molar-refractivity contribution in [3.8, 4) is 0 Å². The maximum atomic E-state index is 6.02. The molecule has 2 heterocycles. The smallest absolute Gasteiger partial charge is 0.147 e. The van der Waals surface area contributed by atoms with Crippen LogP contribution >= 0.6 is 0 Å². The normalized spacial score (nSPS) is 23.1. The number of hydrogen-bond donors (Lipinski definition) is 0. The predicted octanol–water partition coefficient (Wildman–Crippen LogP) is 1.87. The molecular formula is C12H19N3O. The Morgan fingerprint density at radius 2 is 1.75 bits per heavy atom. The lowest BCUT2D eigenvalue weighted by molar-refractivity contribution is -0.133. The molecule has 16 heavy (non-hydrogen) atoms. The molecule has 1 aromatic heterocycles. The third-order valence-electron chi connectivity index (χ3n) is 2.57. The molecule has 0 unspecified atom stereocenters.